The molecule has 3 nitrogen and oxygen atoms in total. The third kappa shape index (κ3) is 28.0. The van der Waals surface area contributed by atoms with Crippen LogP contribution in [0.4, 0.5) is 0 Å². The maximum absolute atomic E-state index is 6.07. The summed E-state index contributed by atoms with van der Waals surface area (Å²) in [5.74, 6) is 0. The van der Waals surface area contributed by atoms with Gasteiger partial charge in [-0.15, -0.1) is 0 Å². The van der Waals surface area contributed by atoms with Crippen LogP contribution in [0.2, 0.25) is 0 Å². The zero-order valence-corrected chi connectivity index (χ0v) is 23.2. The fraction of sp³-hybridized carbons (Fsp3) is 1.00. The van der Waals surface area contributed by atoms with Crippen LogP contribution in [0.5, 0.6) is 0 Å². The zero-order valence-electron chi connectivity index (χ0n) is 23.2. The van der Waals surface area contributed by atoms with Gasteiger partial charge >= 0.3 is 0 Å². The highest BCUT2D eigenvalue weighted by molar-refractivity contribution is 4.51. The largest absolute Gasteiger partial charge is 0.350 e. The molecule has 0 radical (unpaired) electrons. The molecule has 0 aromatic rings. The van der Waals surface area contributed by atoms with Gasteiger partial charge in [0.05, 0.1) is 6.61 Å². The van der Waals surface area contributed by atoms with Crippen molar-refractivity contribution in [3.63, 3.8) is 0 Å². The molecule has 0 aromatic heterocycles. The molecule has 0 bridgehead atoms. The Labute approximate surface area is 209 Å². The van der Waals surface area contributed by atoms with Crippen LogP contribution in [0, 0.1) is 0 Å². The predicted octanol–water partition coefficient (Wildman–Crippen LogP) is 10.7. The van der Waals surface area contributed by atoms with E-state index in [1.807, 2.05) is 0 Å². The van der Waals surface area contributed by atoms with Gasteiger partial charge in [-0.2, -0.15) is 0 Å². The molecule has 0 aliphatic heterocycles. The number of hydrogen-bond donors (Lipinski definition) is 0. The number of ether oxygens (including phenoxy) is 1. The molecule has 3 heteroatoms. The molecule has 1 atom stereocenters. The Kier molecular flexibility index (Phi) is 29.8. The highest BCUT2D eigenvalue weighted by Gasteiger charge is 2.11. The van der Waals surface area contributed by atoms with Crippen LogP contribution in [-0.2, 0) is 14.5 Å². The second kappa shape index (κ2) is 29.9. The Hall–Kier alpha value is -0.120. The van der Waals surface area contributed by atoms with Crippen molar-refractivity contribution in [1.82, 2.24) is 0 Å². The Balaban J connectivity index is 3.82. The molecule has 0 amide bonds. The molecule has 0 aromatic carbocycles. The minimum absolute atomic E-state index is 0.181. The lowest BCUT2D eigenvalue weighted by atomic mass is 10.1. The van der Waals surface area contributed by atoms with Crippen molar-refractivity contribution in [3.05, 3.63) is 0 Å². The zero-order chi connectivity index (χ0) is 24.1. The predicted molar refractivity (Wildman–Crippen MR) is 145 cm³/mol. The third-order valence-electron chi connectivity index (χ3n) is 6.60. The average Bonchev–Trinajstić information content (AvgIpc) is 2.83. The van der Waals surface area contributed by atoms with E-state index in [-0.39, 0.29) is 6.29 Å². The summed E-state index contributed by atoms with van der Waals surface area (Å²) in [6.45, 7) is 8.33. The first-order chi connectivity index (χ1) is 16.3. The van der Waals surface area contributed by atoms with Gasteiger partial charge in [-0.1, -0.05) is 149 Å². The maximum atomic E-state index is 6.07. The van der Waals surface area contributed by atoms with Crippen LogP contribution in [-0.4, -0.2) is 19.5 Å². The summed E-state index contributed by atoms with van der Waals surface area (Å²) in [6.07, 6.45) is 31.2. The number of rotatable bonds is 29. The summed E-state index contributed by atoms with van der Waals surface area (Å²) in [7, 11) is 0. The topological polar surface area (TPSA) is 27.7 Å². The molecule has 33 heavy (non-hydrogen) atoms. The molecule has 0 rings (SSSR count). The van der Waals surface area contributed by atoms with Crippen molar-refractivity contribution in [3.8, 4) is 0 Å². The lowest BCUT2D eigenvalue weighted by Crippen LogP contribution is -2.19. The van der Waals surface area contributed by atoms with Crippen LogP contribution < -0.4 is 0 Å². The quantitative estimate of drug-likeness (QED) is 0.0471. The summed E-state index contributed by atoms with van der Waals surface area (Å²) in [6, 6.07) is 0. The summed E-state index contributed by atoms with van der Waals surface area (Å²) in [4.78, 5) is 11.3. The lowest BCUT2D eigenvalue weighted by Gasteiger charge is -2.17. The van der Waals surface area contributed by atoms with E-state index in [4.69, 9.17) is 14.5 Å². The van der Waals surface area contributed by atoms with E-state index in [2.05, 4.69) is 20.8 Å². The first kappa shape index (κ1) is 32.9. The van der Waals surface area contributed by atoms with Gasteiger partial charge in [0, 0.05) is 13.0 Å². The minimum atomic E-state index is -0.181. The molecular formula is C30H62O3. The van der Waals surface area contributed by atoms with Gasteiger partial charge in [0.15, 0.2) is 6.29 Å². The lowest BCUT2D eigenvalue weighted by molar-refractivity contribution is -0.380. The minimum Gasteiger partial charge on any atom is -0.350 e. The van der Waals surface area contributed by atoms with Crippen LogP contribution in [0.1, 0.15) is 175 Å². The van der Waals surface area contributed by atoms with Gasteiger partial charge in [-0.05, 0) is 19.3 Å². The molecule has 0 aliphatic carbocycles. The Bertz CT molecular complexity index is 335. The molecule has 1 unspecified atom stereocenters. The fourth-order valence-electron chi connectivity index (χ4n) is 4.30. The Morgan fingerprint density at radius 1 is 0.394 bits per heavy atom. The molecule has 0 heterocycles. The third-order valence-corrected chi connectivity index (χ3v) is 6.60. The van der Waals surface area contributed by atoms with Gasteiger partial charge in [-0.25, -0.2) is 9.78 Å². The molecule has 0 spiro atoms. The van der Waals surface area contributed by atoms with E-state index in [9.17, 15) is 0 Å². The van der Waals surface area contributed by atoms with Gasteiger partial charge in [-0.3, -0.25) is 0 Å². The summed E-state index contributed by atoms with van der Waals surface area (Å²) >= 11 is 0. The van der Waals surface area contributed by atoms with Crippen LogP contribution >= 0.6 is 0 Å². The first-order valence-corrected chi connectivity index (χ1v) is 15.2. The standard InChI is InChI=1S/C30H62O3/c1-4-7-10-13-16-19-22-25-28-31-30(27-24-21-18-15-12-9-6-3)33-32-29-26-23-20-17-14-11-8-5-2/h30H,4-29H2,1-3H3. The highest BCUT2D eigenvalue weighted by atomic mass is 17.2. The van der Waals surface area contributed by atoms with E-state index in [1.165, 1.54) is 135 Å². The first-order valence-electron chi connectivity index (χ1n) is 15.2. The van der Waals surface area contributed by atoms with Gasteiger partial charge in [0.25, 0.3) is 0 Å². The summed E-state index contributed by atoms with van der Waals surface area (Å²) in [5.41, 5.74) is 0. The molecular weight excluding hydrogens is 408 g/mol. The van der Waals surface area contributed by atoms with Crippen molar-refractivity contribution in [2.75, 3.05) is 13.2 Å². The Morgan fingerprint density at radius 2 is 0.758 bits per heavy atom. The molecule has 0 saturated heterocycles. The van der Waals surface area contributed by atoms with Crippen molar-refractivity contribution >= 4 is 0 Å². The maximum Gasteiger partial charge on any atom is 0.191 e. The highest BCUT2D eigenvalue weighted by Crippen LogP contribution is 2.15. The second-order valence-corrected chi connectivity index (χ2v) is 10.1. The van der Waals surface area contributed by atoms with E-state index in [0.717, 1.165) is 25.9 Å². The van der Waals surface area contributed by atoms with Gasteiger partial charge in [0.2, 0.25) is 0 Å². The average molecular weight is 471 g/mol. The summed E-state index contributed by atoms with van der Waals surface area (Å²) in [5, 5.41) is 0. The second-order valence-electron chi connectivity index (χ2n) is 10.1. The number of unbranched alkanes of at least 4 members (excludes halogenated alkanes) is 20. The van der Waals surface area contributed by atoms with Crippen LogP contribution in [0.3, 0.4) is 0 Å². The van der Waals surface area contributed by atoms with E-state index in [1.54, 1.807) is 0 Å². The van der Waals surface area contributed by atoms with Crippen molar-refractivity contribution < 1.29 is 14.5 Å². The monoisotopic (exact) mass is 470 g/mol. The van der Waals surface area contributed by atoms with E-state index in [0.29, 0.717) is 6.61 Å². The summed E-state index contributed by atoms with van der Waals surface area (Å²) < 4.78 is 6.07. The molecule has 0 aliphatic rings. The molecule has 200 valence electrons. The van der Waals surface area contributed by atoms with Crippen molar-refractivity contribution in [2.45, 2.75) is 181 Å². The molecule has 0 fully saturated rings. The molecule has 0 saturated carbocycles. The SMILES string of the molecule is CCCCCCCCCCOOC(CCCCCCCCC)OCCCCCCCCCC. The molecule has 0 N–H and O–H groups in total. The van der Waals surface area contributed by atoms with Crippen LogP contribution in [0.15, 0.2) is 0 Å². The van der Waals surface area contributed by atoms with Gasteiger partial charge < -0.3 is 4.74 Å². The normalized spacial score (nSPS) is 12.5. The number of hydrogen-bond acceptors (Lipinski definition) is 3. The van der Waals surface area contributed by atoms with Crippen molar-refractivity contribution in [2.24, 2.45) is 0 Å². The van der Waals surface area contributed by atoms with E-state index >= 15 is 0 Å². The van der Waals surface area contributed by atoms with Crippen molar-refractivity contribution in [1.29, 1.82) is 0 Å². The van der Waals surface area contributed by atoms with Gasteiger partial charge in [0.1, 0.15) is 0 Å². The smallest absolute Gasteiger partial charge is 0.191 e. The fourth-order valence-corrected chi connectivity index (χ4v) is 4.30. The Morgan fingerprint density at radius 3 is 1.21 bits per heavy atom. The van der Waals surface area contributed by atoms with Crippen LogP contribution in [0.25, 0.3) is 0 Å². The van der Waals surface area contributed by atoms with E-state index < -0.39 is 0 Å².